The summed E-state index contributed by atoms with van der Waals surface area (Å²) in [4.78, 5) is 11.3. The minimum Gasteiger partial charge on any atom is -0.392 e. The Hall–Kier alpha value is -0.450. The summed E-state index contributed by atoms with van der Waals surface area (Å²) in [6.45, 7) is 5.51. The van der Waals surface area contributed by atoms with Gasteiger partial charge in [-0.2, -0.15) is 0 Å². The van der Waals surface area contributed by atoms with E-state index in [-0.39, 0.29) is 18.6 Å². The molecule has 0 bridgehead atoms. The van der Waals surface area contributed by atoms with Gasteiger partial charge in [-0.05, 0) is 0 Å². The first-order valence-corrected chi connectivity index (χ1v) is 5.41. The molecular formula is C11H20O4. The van der Waals surface area contributed by atoms with E-state index in [0.29, 0.717) is 6.42 Å². The normalized spacial score (nSPS) is 35.1. The van der Waals surface area contributed by atoms with Crippen LogP contribution in [0, 0.1) is 5.41 Å². The summed E-state index contributed by atoms with van der Waals surface area (Å²) in [6.07, 6.45) is -1.05. The summed E-state index contributed by atoms with van der Waals surface area (Å²) in [7, 11) is 0. The molecule has 1 fully saturated rings. The molecule has 1 aliphatic heterocycles. The molecule has 1 aliphatic rings. The predicted molar refractivity (Wildman–Crippen MR) is 55.2 cm³/mol. The summed E-state index contributed by atoms with van der Waals surface area (Å²) in [5.74, 6) is 0.0920. The summed E-state index contributed by atoms with van der Waals surface area (Å²) >= 11 is 0. The molecule has 1 saturated heterocycles. The van der Waals surface area contributed by atoms with E-state index in [1.165, 1.54) is 0 Å². The Bertz CT molecular complexity index is 237. The first-order valence-electron chi connectivity index (χ1n) is 5.41. The van der Waals surface area contributed by atoms with E-state index < -0.39 is 23.9 Å². The minimum atomic E-state index is -0.956. The number of rotatable bonds is 3. The van der Waals surface area contributed by atoms with E-state index in [1.807, 2.05) is 13.8 Å². The van der Waals surface area contributed by atoms with Gasteiger partial charge in [-0.3, -0.25) is 4.79 Å². The van der Waals surface area contributed by atoms with Crippen LogP contribution in [-0.2, 0) is 9.53 Å². The van der Waals surface area contributed by atoms with Gasteiger partial charge >= 0.3 is 0 Å². The van der Waals surface area contributed by atoms with Crippen LogP contribution in [0.15, 0.2) is 0 Å². The molecule has 15 heavy (non-hydrogen) atoms. The van der Waals surface area contributed by atoms with E-state index in [1.54, 1.807) is 6.92 Å². The van der Waals surface area contributed by atoms with Crippen molar-refractivity contribution in [1.82, 2.24) is 0 Å². The van der Waals surface area contributed by atoms with Crippen LogP contribution in [-0.4, -0.2) is 34.5 Å². The summed E-state index contributed by atoms with van der Waals surface area (Å²) < 4.78 is 5.32. The average Bonchev–Trinajstić information content (AvgIpc) is 2.14. The van der Waals surface area contributed by atoms with Crippen LogP contribution < -0.4 is 0 Å². The van der Waals surface area contributed by atoms with Crippen molar-refractivity contribution in [3.63, 3.8) is 0 Å². The van der Waals surface area contributed by atoms with E-state index in [0.717, 1.165) is 0 Å². The van der Waals surface area contributed by atoms with E-state index in [4.69, 9.17) is 4.74 Å². The summed E-state index contributed by atoms with van der Waals surface area (Å²) in [5.41, 5.74) is -0.482. The molecule has 3 atom stereocenters. The van der Waals surface area contributed by atoms with Gasteiger partial charge < -0.3 is 14.9 Å². The van der Waals surface area contributed by atoms with E-state index >= 15 is 0 Å². The Morgan fingerprint density at radius 2 is 2.07 bits per heavy atom. The topological polar surface area (TPSA) is 66.8 Å². The second-order valence-corrected chi connectivity index (χ2v) is 4.75. The summed E-state index contributed by atoms with van der Waals surface area (Å²) in [5, 5.41) is 19.2. The van der Waals surface area contributed by atoms with Crippen molar-refractivity contribution in [3.8, 4) is 0 Å². The second kappa shape index (κ2) is 4.60. The lowest BCUT2D eigenvalue weighted by Crippen LogP contribution is -2.51. The quantitative estimate of drug-likeness (QED) is 0.734. The van der Waals surface area contributed by atoms with Crippen LogP contribution >= 0.6 is 0 Å². The highest BCUT2D eigenvalue weighted by molar-refractivity contribution is 5.78. The molecule has 3 unspecified atom stereocenters. The highest BCUT2D eigenvalue weighted by atomic mass is 16.6. The van der Waals surface area contributed by atoms with Gasteiger partial charge in [-0.25, -0.2) is 0 Å². The molecule has 0 aromatic rings. The van der Waals surface area contributed by atoms with Crippen LogP contribution in [0.1, 0.15) is 40.0 Å². The maximum absolute atomic E-state index is 11.3. The largest absolute Gasteiger partial charge is 0.392 e. The van der Waals surface area contributed by atoms with Crippen LogP contribution in [0.5, 0.6) is 0 Å². The van der Waals surface area contributed by atoms with Crippen molar-refractivity contribution >= 4 is 5.78 Å². The standard InChI is InChI=1S/C11H20O4/c1-4-7(12)5-9-11(2,3)8(13)6-10(14)15-9/h8-10,13-14H,4-6H2,1-3H3. The molecular weight excluding hydrogens is 196 g/mol. The Morgan fingerprint density at radius 3 is 2.60 bits per heavy atom. The van der Waals surface area contributed by atoms with Crippen molar-refractivity contribution in [3.05, 3.63) is 0 Å². The molecule has 1 heterocycles. The lowest BCUT2D eigenvalue weighted by molar-refractivity contribution is -0.239. The highest BCUT2D eigenvalue weighted by Crippen LogP contribution is 2.37. The Labute approximate surface area is 90.2 Å². The van der Waals surface area contributed by atoms with Crippen molar-refractivity contribution in [1.29, 1.82) is 0 Å². The number of hydrogen-bond donors (Lipinski definition) is 2. The maximum atomic E-state index is 11.3. The highest BCUT2D eigenvalue weighted by Gasteiger charge is 2.44. The zero-order chi connectivity index (χ0) is 11.6. The molecule has 0 radical (unpaired) electrons. The molecule has 2 N–H and O–H groups in total. The number of ketones is 1. The number of aliphatic hydroxyl groups is 2. The van der Waals surface area contributed by atoms with Crippen LogP contribution in [0.2, 0.25) is 0 Å². The molecule has 0 saturated carbocycles. The van der Waals surface area contributed by atoms with Crippen LogP contribution in [0.4, 0.5) is 0 Å². The molecule has 0 aliphatic carbocycles. The fourth-order valence-corrected chi connectivity index (χ4v) is 1.79. The van der Waals surface area contributed by atoms with Gasteiger partial charge in [-0.1, -0.05) is 20.8 Å². The fraction of sp³-hybridized carbons (Fsp3) is 0.909. The van der Waals surface area contributed by atoms with E-state index in [2.05, 4.69) is 0 Å². The lowest BCUT2D eigenvalue weighted by atomic mass is 9.75. The predicted octanol–water partition coefficient (Wildman–Crippen LogP) is 0.850. The molecule has 4 heteroatoms. The first kappa shape index (κ1) is 12.6. The second-order valence-electron chi connectivity index (χ2n) is 4.75. The number of aliphatic hydroxyl groups excluding tert-OH is 2. The number of Topliss-reactive ketones (excluding diaryl/α,β-unsaturated/α-hetero) is 1. The lowest BCUT2D eigenvalue weighted by Gasteiger charge is -2.44. The van der Waals surface area contributed by atoms with Crippen molar-refractivity contribution in [2.75, 3.05) is 0 Å². The Kier molecular flexibility index (Phi) is 3.87. The number of carbonyl (C=O) groups is 1. The van der Waals surface area contributed by atoms with Crippen molar-refractivity contribution in [2.24, 2.45) is 5.41 Å². The number of ether oxygens (including phenoxy) is 1. The fourth-order valence-electron chi connectivity index (χ4n) is 1.79. The van der Waals surface area contributed by atoms with Gasteiger partial charge in [0.2, 0.25) is 0 Å². The average molecular weight is 216 g/mol. The van der Waals surface area contributed by atoms with Crippen molar-refractivity contribution < 1.29 is 19.7 Å². The van der Waals surface area contributed by atoms with Gasteiger partial charge in [0.05, 0.1) is 12.2 Å². The number of hydrogen-bond acceptors (Lipinski definition) is 4. The number of carbonyl (C=O) groups excluding carboxylic acids is 1. The summed E-state index contributed by atoms with van der Waals surface area (Å²) in [6, 6.07) is 0. The molecule has 4 nitrogen and oxygen atoms in total. The monoisotopic (exact) mass is 216 g/mol. The zero-order valence-corrected chi connectivity index (χ0v) is 9.56. The van der Waals surface area contributed by atoms with Crippen molar-refractivity contribution in [2.45, 2.75) is 58.5 Å². The smallest absolute Gasteiger partial charge is 0.157 e. The Morgan fingerprint density at radius 1 is 1.47 bits per heavy atom. The third-order valence-corrected chi connectivity index (χ3v) is 3.24. The van der Waals surface area contributed by atoms with E-state index in [9.17, 15) is 15.0 Å². The van der Waals surface area contributed by atoms with Gasteiger partial charge in [0.25, 0.3) is 0 Å². The van der Waals surface area contributed by atoms with Crippen LogP contribution in [0.25, 0.3) is 0 Å². The molecule has 0 aromatic carbocycles. The molecule has 0 aromatic heterocycles. The third kappa shape index (κ3) is 2.77. The third-order valence-electron chi connectivity index (χ3n) is 3.24. The van der Waals surface area contributed by atoms with Crippen LogP contribution in [0.3, 0.4) is 0 Å². The molecule has 0 spiro atoms. The first-order chi connectivity index (χ1) is 6.87. The minimum absolute atomic E-state index is 0.0920. The Balaban J connectivity index is 2.71. The van der Waals surface area contributed by atoms with Gasteiger partial charge in [0, 0.05) is 24.7 Å². The molecule has 88 valence electrons. The molecule has 0 amide bonds. The van der Waals surface area contributed by atoms with Gasteiger partial charge in [0.15, 0.2) is 6.29 Å². The zero-order valence-electron chi connectivity index (χ0n) is 9.56. The van der Waals surface area contributed by atoms with Gasteiger partial charge in [-0.15, -0.1) is 0 Å². The SMILES string of the molecule is CCC(=O)CC1OC(O)CC(O)C1(C)C. The molecule has 1 rings (SSSR count). The van der Waals surface area contributed by atoms with Gasteiger partial charge in [0.1, 0.15) is 5.78 Å². The maximum Gasteiger partial charge on any atom is 0.157 e.